The lowest BCUT2D eigenvalue weighted by Crippen LogP contribution is -2.40. The van der Waals surface area contributed by atoms with Gasteiger partial charge in [0.25, 0.3) is 0 Å². The van der Waals surface area contributed by atoms with Crippen molar-refractivity contribution in [1.29, 1.82) is 0 Å². The predicted molar refractivity (Wildman–Crippen MR) is 95.3 cm³/mol. The van der Waals surface area contributed by atoms with Crippen molar-refractivity contribution >= 4 is 16.9 Å². The average molecular weight is 338 g/mol. The van der Waals surface area contributed by atoms with Crippen molar-refractivity contribution in [1.82, 2.24) is 24.7 Å². The smallest absolute Gasteiger partial charge is 0.163 e. The molecule has 130 valence electrons. The molecule has 0 bridgehead atoms. The molecule has 0 unspecified atom stereocenters. The third-order valence-electron chi connectivity index (χ3n) is 4.65. The molecule has 25 heavy (non-hydrogen) atoms. The highest BCUT2D eigenvalue weighted by Crippen LogP contribution is 2.28. The zero-order valence-electron chi connectivity index (χ0n) is 14.6. The molecule has 0 aromatic carbocycles. The van der Waals surface area contributed by atoms with Gasteiger partial charge in [0, 0.05) is 26.3 Å². The van der Waals surface area contributed by atoms with E-state index in [0.717, 1.165) is 54.2 Å². The maximum Gasteiger partial charge on any atom is 0.163 e. The SMILES string of the molecule is Cc1nn(C)c2ncnc(N3CCC[C@H](OCc4ccccn4)C3)c12. The van der Waals surface area contributed by atoms with E-state index in [1.807, 2.05) is 36.9 Å². The number of hydrogen-bond acceptors (Lipinski definition) is 6. The number of hydrogen-bond donors (Lipinski definition) is 0. The van der Waals surface area contributed by atoms with Crippen LogP contribution in [0.1, 0.15) is 24.2 Å². The van der Waals surface area contributed by atoms with Crippen LogP contribution in [0.15, 0.2) is 30.7 Å². The Hall–Kier alpha value is -2.54. The zero-order valence-corrected chi connectivity index (χ0v) is 14.6. The summed E-state index contributed by atoms with van der Waals surface area (Å²) in [5.74, 6) is 0.960. The van der Waals surface area contributed by atoms with E-state index in [-0.39, 0.29) is 6.10 Å². The zero-order chi connectivity index (χ0) is 17.2. The van der Waals surface area contributed by atoms with Gasteiger partial charge in [-0.05, 0) is 31.9 Å². The Kier molecular flexibility index (Phi) is 4.31. The standard InChI is InChI=1S/C18H22N6O/c1-13-16-17(23(2)22-13)20-12-21-18(16)24-9-5-7-15(10-24)25-11-14-6-3-4-8-19-14/h3-4,6,8,12,15H,5,7,9-11H2,1-2H3/t15-/m0/s1. The van der Waals surface area contributed by atoms with Gasteiger partial charge in [-0.25, -0.2) is 9.97 Å². The second kappa shape index (κ2) is 6.76. The first-order chi connectivity index (χ1) is 12.2. The molecule has 1 fully saturated rings. The molecule has 0 amide bonds. The lowest BCUT2D eigenvalue weighted by Gasteiger charge is -2.33. The molecule has 0 saturated carbocycles. The van der Waals surface area contributed by atoms with E-state index in [0.29, 0.717) is 6.61 Å². The van der Waals surface area contributed by atoms with Gasteiger partial charge in [-0.3, -0.25) is 9.67 Å². The van der Waals surface area contributed by atoms with Crippen molar-refractivity contribution in [3.8, 4) is 0 Å². The van der Waals surface area contributed by atoms with Crippen molar-refractivity contribution in [3.63, 3.8) is 0 Å². The second-order valence-corrected chi connectivity index (χ2v) is 6.45. The van der Waals surface area contributed by atoms with E-state index in [1.165, 1.54) is 0 Å². The van der Waals surface area contributed by atoms with Gasteiger partial charge in [-0.2, -0.15) is 5.10 Å². The van der Waals surface area contributed by atoms with Crippen molar-refractivity contribution in [2.45, 2.75) is 32.5 Å². The monoisotopic (exact) mass is 338 g/mol. The Balaban J connectivity index is 1.52. The third kappa shape index (κ3) is 3.19. The molecule has 4 rings (SSSR count). The summed E-state index contributed by atoms with van der Waals surface area (Å²) in [5, 5.41) is 5.53. The normalized spacial score (nSPS) is 18.0. The van der Waals surface area contributed by atoms with Crippen LogP contribution < -0.4 is 4.90 Å². The Morgan fingerprint density at radius 1 is 1.24 bits per heavy atom. The first-order valence-electron chi connectivity index (χ1n) is 8.63. The average Bonchev–Trinajstić information content (AvgIpc) is 2.95. The molecule has 3 aromatic heterocycles. The fourth-order valence-corrected chi connectivity index (χ4v) is 3.45. The Labute approximate surface area is 146 Å². The van der Waals surface area contributed by atoms with Crippen molar-refractivity contribution in [2.75, 3.05) is 18.0 Å². The van der Waals surface area contributed by atoms with Crippen LogP contribution in [0, 0.1) is 6.92 Å². The highest BCUT2D eigenvalue weighted by molar-refractivity contribution is 5.89. The van der Waals surface area contributed by atoms with Crippen LogP contribution in [-0.2, 0) is 18.4 Å². The topological polar surface area (TPSA) is 69.0 Å². The minimum absolute atomic E-state index is 0.178. The second-order valence-electron chi connectivity index (χ2n) is 6.45. The summed E-state index contributed by atoms with van der Waals surface area (Å²) in [6.45, 7) is 4.36. The summed E-state index contributed by atoms with van der Waals surface area (Å²) >= 11 is 0. The molecule has 1 aliphatic rings. The molecule has 3 aromatic rings. The first kappa shape index (κ1) is 16.0. The summed E-state index contributed by atoms with van der Waals surface area (Å²) in [6.07, 6.45) is 5.74. The van der Waals surface area contributed by atoms with E-state index < -0.39 is 0 Å². The van der Waals surface area contributed by atoms with E-state index in [9.17, 15) is 0 Å². The summed E-state index contributed by atoms with van der Waals surface area (Å²) in [4.78, 5) is 15.5. The minimum Gasteiger partial charge on any atom is -0.370 e. The number of pyridine rings is 1. The number of nitrogens with zero attached hydrogens (tertiary/aromatic N) is 6. The number of piperidine rings is 1. The fraction of sp³-hybridized carbons (Fsp3) is 0.444. The molecule has 0 aliphatic carbocycles. The maximum absolute atomic E-state index is 6.10. The molecule has 4 heterocycles. The van der Waals surface area contributed by atoms with Crippen LogP contribution in [0.3, 0.4) is 0 Å². The van der Waals surface area contributed by atoms with Gasteiger partial charge < -0.3 is 9.64 Å². The number of aromatic nitrogens is 5. The lowest BCUT2D eigenvalue weighted by molar-refractivity contribution is 0.0297. The number of fused-ring (bicyclic) bond motifs is 1. The molecular formula is C18H22N6O. The van der Waals surface area contributed by atoms with Gasteiger partial charge in [-0.1, -0.05) is 6.07 Å². The van der Waals surface area contributed by atoms with E-state index in [4.69, 9.17) is 4.74 Å². The van der Waals surface area contributed by atoms with Crippen LogP contribution in [0.4, 0.5) is 5.82 Å². The molecule has 7 heteroatoms. The van der Waals surface area contributed by atoms with Gasteiger partial charge in [0.2, 0.25) is 0 Å². The number of ether oxygens (including phenoxy) is 1. The van der Waals surface area contributed by atoms with Crippen molar-refractivity contribution in [3.05, 3.63) is 42.1 Å². The van der Waals surface area contributed by atoms with E-state index in [1.54, 1.807) is 12.5 Å². The molecule has 0 radical (unpaired) electrons. The van der Waals surface area contributed by atoms with Crippen molar-refractivity contribution < 1.29 is 4.74 Å². The molecule has 7 nitrogen and oxygen atoms in total. The van der Waals surface area contributed by atoms with Gasteiger partial charge >= 0.3 is 0 Å². The van der Waals surface area contributed by atoms with Crippen LogP contribution in [0.25, 0.3) is 11.0 Å². The van der Waals surface area contributed by atoms with Crippen LogP contribution in [-0.4, -0.2) is 43.9 Å². The van der Waals surface area contributed by atoms with Gasteiger partial charge in [0.05, 0.1) is 29.5 Å². The Morgan fingerprint density at radius 3 is 3.00 bits per heavy atom. The molecule has 0 spiro atoms. The Bertz CT molecular complexity index is 863. The number of rotatable bonds is 4. The molecule has 1 atom stereocenters. The number of aryl methyl sites for hydroxylation is 2. The van der Waals surface area contributed by atoms with E-state index in [2.05, 4.69) is 25.0 Å². The van der Waals surface area contributed by atoms with Gasteiger partial charge in [0.15, 0.2) is 5.65 Å². The quantitative estimate of drug-likeness (QED) is 0.727. The predicted octanol–water partition coefficient (Wildman–Crippen LogP) is 2.25. The van der Waals surface area contributed by atoms with Crippen molar-refractivity contribution in [2.24, 2.45) is 7.05 Å². The summed E-state index contributed by atoms with van der Waals surface area (Å²) in [7, 11) is 1.92. The molecular weight excluding hydrogens is 316 g/mol. The van der Waals surface area contributed by atoms with Crippen LogP contribution in [0.5, 0.6) is 0 Å². The molecule has 1 saturated heterocycles. The Morgan fingerprint density at radius 2 is 2.16 bits per heavy atom. The molecule has 1 aliphatic heterocycles. The van der Waals surface area contributed by atoms with Gasteiger partial charge in [-0.15, -0.1) is 0 Å². The van der Waals surface area contributed by atoms with E-state index >= 15 is 0 Å². The first-order valence-corrected chi connectivity index (χ1v) is 8.63. The van der Waals surface area contributed by atoms with Gasteiger partial charge in [0.1, 0.15) is 12.1 Å². The fourth-order valence-electron chi connectivity index (χ4n) is 3.45. The number of anilines is 1. The molecule has 0 N–H and O–H groups in total. The third-order valence-corrected chi connectivity index (χ3v) is 4.65. The largest absolute Gasteiger partial charge is 0.370 e. The minimum atomic E-state index is 0.178. The summed E-state index contributed by atoms with van der Waals surface area (Å²) in [6, 6.07) is 5.90. The summed E-state index contributed by atoms with van der Waals surface area (Å²) in [5.41, 5.74) is 2.80. The van der Waals surface area contributed by atoms with Crippen LogP contribution in [0.2, 0.25) is 0 Å². The lowest BCUT2D eigenvalue weighted by atomic mass is 10.1. The highest BCUT2D eigenvalue weighted by Gasteiger charge is 2.24. The summed E-state index contributed by atoms with van der Waals surface area (Å²) < 4.78 is 7.91. The maximum atomic E-state index is 6.10. The van der Waals surface area contributed by atoms with Crippen LogP contribution >= 0.6 is 0 Å². The highest BCUT2D eigenvalue weighted by atomic mass is 16.5.